The average molecular weight is 354 g/mol. The van der Waals surface area contributed by atoms with Crippen LogP contribution >= 0.6 is 0 Å². The van der Waals surface area contributed by atoms with E-state index in [1.165, 1.54) is 18.2 Å². The monoisotopic (exact) mass is 354 g/mol. The van der Waals surface area contributed by atoms with Gasteiger partial charge in [0.1, 0.15) is 5.75 Å². The second-order valence-electron chi connectivity index (χ2n) is 6.05. The summed E-state index contributed by atoms with van der Waals surface area (Å²) in [6.07, 6.45) is 0.732. The molecule has 6 nitrogen and oxygen atoms in total. The lowest BCUT2D eigenvalue weighted by atomic mass is 10.1. The van der Waals surface area contributed by atoms with Crippen LogP contribution in [0.15, 0.2) is 24.3 Å². The normalized spacial score (nSPS) is 20.8. The molecule has 0 bridgehead atoms. The standard InChI is InChI=1S/C17H20F2N2O4/c18-17(19)25-14-4-2-1-3-13(14)16(23)21-8-6-20(7-9-21)15(22)12-5-10-24-11-12/h1-4,12,17H,5-11H2. The molecular formula is C17H20F2N2O4. The Morgan fingerprint density at radius 2 is 1.80 bits per heavy atom. The van der Waals surface area contributed by atoms with Gasteiger partial charge in [-0.3, -0.25) is 9.59 Å². The minimum atomic E-state index is -2.99. The molecule has 1 atom stereocenters. The number of hydrogen-bond donors (Lipinski definition) is 0. The van der Waals surface area contributed by atoms with E-state index in [4.69, 9.17) is 4.74 Å². The van der Waals surface area contributed by atoms with Crippen LogP contribution in [0.25, 0.3) is 0 Å². The largest absolute Gasteiger partial charge is 0.434 e. The number of carbonyl (C=O) groups excluding carboxylic acids is 2. The van der Waals surface area contributed by atoms with Crippen molar-refractivity contribution in [1.29, 1.82) is 0 Å². The summed E-state index contributed by atoms with van der Waals surface area (Å²) in [7, 11) is 0. The van der Waals surface area contributed by atoms with Crippen LogP contribution in [0.3, 0.4) is 0 Å². The van der Waals surface area contributed by atoms with Gasteiger partial charge >= 0.3 is 6.61 Å². The number of halogens is 2. The first-order chi connectivity index (χ1) is 12.1. The highest BCUT2D eigenvalue weighted by atomic mass is 19.3. The van der Waals surface area contributed by atoms with Gasteiger partial charge in [-0.05, 0) is 18.6 Å². The highest BCUT2D eigenvalue weighted by molar-refractivity contribution is 5.97. The summed E-state index contributed by atoms with van der Waals surface area (Å²) in [5.74, 6) is -0.537. The number of para-hydroxylation sites is 1. The number of carbonyl (C=O) groups is 2. The van der Waals surface area contributed by atoms with E-state index in [9.17, 15) is 18.4 Å². The van der Waals surface area contributed by atoms with Crippen molar-refractivity contribution in [2.75, 3.05) is 39.4 Å². The molecule has 2 saturated heterocycles. The van der Waals surface area contributed by atoms with Crippen molar-refractivity contribution < 1.29 is 27.8 Å². The van der Waals surface area contributed by atoms with Gasteiger partial charge in [0.2, 0.25) is 5.91 Å². The van der Waals surface area contributed by atoms with Gasteiger partial charge in [0.15, 0.2) is 0 Å². The number of nitrogens with zero attached hydrogens (tertiary/aromatic N) is 2. The fourth-order valence-electron chi connectivity index (χ4n) is 3.13. The van der Waals surface area contributed by atoms with E-state index in [1.807, 2.05) is 0 Å². The Bertz CT molecular complexity index is 627. The van der Waals surface area contributed by atoms with Crippen LogP contribution < -0.4 is 4.74 Å². The molecule has 2 amide bonds. The molecule has 2 aliphatic rings. The summed E-state index contributed by atoms with van der Waals surface area (Å²) in [5.41, 5.74) is 0.103. The number of piperazine rings is 1. The zero-order chi connectivity index (χ0) is 17.8. The van der Waals surface area contributed by atoms with E-state index in [-0.39, 0.29) is 29.0 Å². The molecule has 3 rings (SSSR count). The van der Waals surface area contributed by atoms with Gasteiger partial charge in [-0.25, -0.2) is 0 Å². The fraction of sp³-hybridized carbons (Fsp3) is 0.529. The fourth-order valence-corrected chi connectivity index (χ4v) is 3.13. The molecule has 8 heteroatoms. The van der Waals surface area contributed by atoms with E-state index in [1.54, 1.807) is 15.9 Å². The lowest BCUT2D eigenvalue weighted by molar-refractivity contribution is -0.137. The lowest BCUT2D eigenvalue weighted by Crippen LogP contribution is -2.52. The Morgan fingerprint density at radius 1 is 1.12 bits per heavy atom. The van der Waals surface area contributed by atoms with E-state index in [2.05, 4.69) is 4.74 Å². The van der Waals surface area contributed by atoms with Gasteiger partial charge in [-0.2, -0.15) is 8.78 Å². The highest BCUT2D eigenvalue weighted by Gasteiger charge is 2.31. The van der Waals surface area contributed by atoms with Crippen LogP contribution in [-0.4, -0.2) is 67.6 Å². The molecule has 0 aliphatic carbocycles. The molecule has 1 aromatic rings. The second kappa shape index (κ2) is 7.77. The first-order valence-corrected chi connectivity index (χ1v) is 8.26. The number of hydrogen-bond acceptors (Lipinski definition) is 4. The van der Waals surface area contributed by atoms with E-state index >= 15 is 0 Å². The van der Waals surface area contributed by atoms with Crippen molar-refractivity contribution in [3.63, 3.8) is 0 Å². The minimum absolute atomic E-state index is 0.0611. The minimum Gasteiger partial charge on any atom is -0.434 e. The topological polar surface area (TPSA) is 59.1 Å². The van der Waals surface area contributed by atoms with Crippen molar-refractivity contribution in [2.45, 2.75) is 13.0 Å². The molecule has 1 unspecified atom stereocenters. The predicted molar refractivity (Wildman–Crippen MR) is 84.5 cm³/mol. The summed E-state index contributed by atoms with van der Waals surface area (Å²) in [5, 5.41) is 0. The molecular weight excluding hydrogens is 334 g/mol. The van der Waals surface area contributed by atoms with Crippen molar-refractivity contribution in [1.82, 2.24) is 9.80 Å². The Labute approximate surface area is 144 Å². The molecule has 0 aromatic heterocycles. The molecule has 0 N–H and O–H groups in total. The lowest BCUT2D eigenvalue weighted by Gasteiger charge is -2.36. The molecule has 0 spiro atoms. The summed E-state index contributed by atoms with van der Waals surface area (Å²) in [6, 6.07) is 5.95. The number of alkyl halides is 2. The molecule has 25 heavy (non-hydrogen) atoms. The quantitative estimate of drug-likeness (QED) is 0.824. The maximum Gasteiger partial charge on any atom is 0.387 e. The summed E-state index contributed by atoms with van der Waals surface area (Å²) >= 11 is 0. The van der Waals surface area contributed by atoms with Crippen molar-refractivity contribution >= 4 is 11.8 Å². The smallest absolute Gasteiger partial charge is 0.387 e. The summed E-state index contributed by atoms with van der Waals surface area (Å²) in [4.78, 5) is 28.3. The predicted octanol–water partition coefficient (Wildman–Crippen LogP) is 1.61. The van der Waals surface area contributed by atoms with E-state index in [0.29, 0.717) is 39.4 Å². The third-order valence-electron chi connectivity index (χ3n) is 4.49. The SMILES string of the molecule is O=C(c1ccccc1OC(F)F)N1CCN(C(=O)C2CCOC2)CC1. The number of benzene rings is 1. The van der Waals surface area contributed by atoms with Crippen LogP contribution in [0.4, 0.5) is 8.78 Å². The van der Waals surface area contributed by atoms with Gasteiger partial charge in [0.05, 0.1) is 18.1 Å². The van der Waals surface area contributed by atoms with Gasteiger partial charge < -0.3 is 19.3 Å². The number of ether oxygens (including phenoxy) is 2. The van der Waals surface area contributed by atoms with Crippen molar-refractivity contribution in [2.24, 2.45) is 5.92 Å². The maximum absolute atomic E-state index is 12.6. The number of amides is 2. The van der Waals surface area contributed by atoms with Crippen molar-refractivity contribution in [3.05, 3.63) is 29.8 Å². The van der Waals surface area contributed by atoms with Gasteiger partial charge in [-0.15, -0.1) is 0 Å². The summed E-state index contributed by atoms with van der Waals surface area (Å²) < 4.78 is 34.7. The Balaban J connectivity index is 1.61. The van der Waals surface area contributed by atoms with Crippen LogP contribution in [0, 0.1) is 5.92 Å². The summed E-state index contributed by atoms with van der Waals surface area (Å²) in [6.45, 7) is -0.344. The average Bonchev–Trinajstić information content (AvgIpc) is 3.15. The Hall–Kier alpha value is -2.22. The third kappa shape index (κ3) is 4.07. The van der Waals surface area contributed by atoms with Gasteiger partial charge in [0.25, 0.3) is 5.91 Å². The second-order valence-corrected chi connectivity index (χ2v) is 6.05. The zero-order valence-electron chi connectivity index (χ0n) is 13.7. The van der Waals surface area contributed by atoms with E-state index in [0.717, 1.165) is 6.42 Å². The molecule has 2 aliphatic heterocycles. The molecule has 0 saturated carbocycles. The van der Waals surface area contributed by atoms with Crippen LogP contribution in [0.1, 0.15) is 16.8 Å². The van der Waals surface area contributed by atoms with Gasteiger partial charge in [0, 0.05) is 32.8 Å². The van der Waals surface area contributed by atoms with Crippen LogP contribution in [-0.2, 0) is 9.53 Å². The first-order valence-electron chi connectivity index (χ1n) is 8.26. The van der Waals surface area contributed by atoms with Crippen LogP contribution in [0.5, 0.6) is 5.75 Å². The zero-order valence-corrected chi connectivity index (χ0v) is 13.7. The molecule has 0 radical (unpaired) electrons. The van der Waals surface area contributed by atoms with E-state index < -0.39 is 6.61 Å². The Morgan fingerprint density at radius 3 is 2.44 bits per heavy atom. The molecule has 2 heterocycles. The third-order valence-corrected chi connectivity index (χ3v) is 4.49. The maximum atomic E-state index is 12.6. The first kappa shape index (κ1) is 17.6. The number of rotatable bonds is 4. The molecule has 2 fully saturated rings. The van der Waals surface area contributed by atoms with Crippen molar-refractivity contribution in [3.8, 4) is 5.75 Å². The Kier molecular flexibility index (Phi) is 5.47. The van der Waals surface area contributed by atoms with Crippen LogP contribution in [0.2, 0.25) is 0 Å². The van der Waals surface area contributed by atoms with Gasteiger partial charge in [-0.1, -0.05) is 12.1 Å². The highest BCUT2D eigenvalue weighted by Crippen LogP contribution is 2.23. The molecule has 136 valence electrons. The molecule has 1 aromatic carbocycles.